The zero-order valence-electron chi connectivity index (χ0n) is 15.9. The summed E-state index contributed by atoms with van der Waals surface area (Å²) in [4.78, 5) is 24.1. The number of carbonyl (C=O) groups excluding carboxylic acids is 1. The maximum Gasteiger partial charge on any atom is 0.270 e. The van der Waals surface area contributed by atoms with Gasteiger partial charge in [-0.1, -0.05) is 35.9 Å². The number of aryl methyl sites for hydroxylation is 1. The summed E-state index contributed by atoms with van der Waals surface area (Å²) in [7, 11) is -3.85. The molecule has 0 atom stereocenters. The van der Waals surface area contributed by atoms with Gasteiger partial charge in [0.05, 0.1) is 9.82 Å². The number of piperazine rings is 1. The molecule has 1 amide bonds. The Hall–Kier alpha value is -3.04. The maximum atomic E-state index is 12.8. The summed E-state index contributed by atoms with van der Waals surface area (Å²) in [5.74, 6) is -0.182. The summed E-state index contributed by atoms with van der Waals surface area (Å²) in [6.45, 7) is 2.75. The average Bonchev–Trinajstić information content (AvgIpc) is 2.72. The quantitative estimate of drug-likeness (QED) is 0.424. The smallest absolute Gasteiger partial charge is 0.270 e. The van der Waals surface area contributed by atoms with Crippen molar-refractivity contribution in [3.8, 4) is 0 Å². The van der Waals surface area contributed by atoms with Crippen LogP contribution in [0.1, 0.15) is 11.1 Å². The highest BCUT2D eigenvalue weighted by molar-refractivity contribution is 7.89. The number of carbonyl (C=O) groups is 1. The molecule has 2 aromatic carbocycles. The van der Waals surface area contributed by atoms with E-state index in [2.05, 4.69) is 0 Å². The van der Waals surface area contributed by atoms with Crippen LogP contribution in [0.5, 0.6) is 0 Å². The predicted octanol–water partition coefficient (Wildman–Crippen LogP) is 2.45. The molecule has 152 valence electrons. The van der Waals surface area contributed by atoms with Crippen LogP contribution in [0, 0.1) is 17.0 Å². The zero-order valence-corrected chi connectivity index (χ0v) is 16.7. The van der Waals surface area contributed by atoms with Crippen molar-refractivity contribution in [1.82, 2.24) is 9.21 Å². The molecule has 0 bridgehead atoms. The number of non-ortho nitro benzene ring substituents is 1. The number of hydrogen-bond acceptors (Lipinski definition) is 5. The van der Waals surface area contributed by atoms with E-state index in [-0.39, 0.29) is 42.7 Å². The van der Waals surface area contributed by atoms with Crippen LogP contribution < -0.4 is 0 Å². The molecule has 0 radical (unpaired) electrons. The van der Waals surface area contributed by atoms with Crippen LogP contribution in [0.3, 0.4) is 0 Å². The molecule has 1 heterocycles. The SMILES string of the molecule is Cc1cccc(/C=C/C(=O)N2CCN(S(=O)(=O)c3cccc([N+](=O)[O-])c3)CC2)c1. The Morgan fingerprint density at radius 2 is 1.76 bits per heavy atom. The summed E-state index contributed by atoms with van der Waals surface area (Å²) in [6, 6.07) is 12.7. The first kappa shape index (κ1) is 20.7. The number of sulfonamides is 1. The van der Waals surface area contributed by atoms with E-state index in [1.54, 1.807) is 11.0 Å². The first-order valence-electron chi connectivity index (χ1n) is 9.05. The van der Waals surface area contributed by atoms with E-state index < -0.39 is 14.9 Å². The number of hydrogen-bond donors (Lipinski definition) is 0. The number of benzene rings is 2. The van der Waals surface area contributed by atoms with E-state index in [0.717, 1.165) is 17.2 Å². The molecule has 1 aliphatic rings. The monoisotopic (exact) mass is 415 g/mol. The van der Waals surface area contributed by atoms with Crippen LogP contribution in [0.15, 0.2) is 59.5 Å². The third kappa shape index (κ3) is 4.87. The van der Waals surface area contributed by atoms with Gasteiger partial charge in [-0.2, -0.15) is 4.31 Å². The van der Waals surface area contributed by atoms with Crippen LogP contribution in [-0.2, 0) is 14.8 Å². The number of nitrogens with zero attached hydrogens (tertiary/aromatic N) is 3. The van der Waals surface area contributed by atoms with Crippen molar-refractivity contribution < 1.29 is 18.1 Å². The predicted molar refractivity (Wildman–Crippen MR) is 109 cm³/mol. The van der Waals surface area contributed by atoms with E-state index in [1.165, 1.54) is 28.6 Å². The van der Waals surface area contributed by atoms with Crippen LogP contribution in [0.2, 0.25) is 0 Å². The van der Waals surface area contributed by atoms with Crippen molar-refractivity contribution >= 4 is 27.7 Å². The lowest BCUT2D eigenvalue weighted by Crippen LogP contribution is -2.50. The number of rotatable bonds is 5. The van der Waals surface area contributed by atoms with Gasteiger partial charge in [0.2, 0.25) is 15.9 Å². The van der Waals surface area contributed by atoms with E-state index in [9.17, 15) is 23.3 Å². The summed E-state index contributed by atoms with van der Waals surface area (Å²) in [6.07, 6.45) is 3.22. The lowest BCUT2D eigenvalue weighted by atomic mass is 10.1. The van der Waals surface area contributed by atoms with E-state index in [4.69, 9.17) is 0 Å². The second kappa shape index (κ2) is 8.54. The van der Waals surface area contributed by atoms with E-state index in [0.29, 0.717) is 0 Å². The molecule has 29 heavy (non-hydrogen) atoms. The summed E-state index contributed by atoms with van der Waals surface area (Å²) >= 11 is 0. The van der Waals surface area contributed by atoms with Gasteiger partial charge in [-0.3, -0.25) is 14.9 Å². The molecule has 0 unspecified atom stereocenters. The Morgan fingerprint density at radius 1 is 1.07 bits per heavy atom. The van der Waals surface area contributed by atoms with Gasteiger partial charge in [0, 0.05) is 44.4 Å². The van der Waals surface area contributed by atoms with Crippen LogP contribution >= 0.6 is 0 Å². The summed E-state index contributed by atoms with van der Waals surface area (Å²) in [5.41, 5.74) is 1.74. The van der Waals surface area contributed by atoms with Crippen LogP contribution in [0.25, 0.3) is 6.08 Å². The number of nitro benzene ring substituents is 1. The largest absolute Gasteiger partial charge is 0.337 e. The highest BCUT2D eigenvalue weighted by atomic mass is 32.2. The van der Waals surface area contributed by atoms with Gasteiger partial charge in [-0.05, 0) is 24.6 Å². The van der Waals surface area contributed by atoms with Crippen molar-refractivity contribution in [3.63, 3.8) is 0 Å². The Labute approximate surface area is 169 Å². The molecule has 0 saturated carbocycles. The molecule has 1 aliphatic heterocycles. The number of amides is 1. The first-order valence-corrected chi connectivity index (χ1v) is 10.5. The third-order valence-electron chi connectivity index (χ3n) is 4.68. The molecule has 0 spiro atoms. The average molecular weight is 415 g/mol. The van der Waals surface area contributed by atoms with Gasteiger partial charge in [0.25, 0.3) is 5.69 Å². The zero-order chi connectivity index (χ0) is 21.0. The lowest BCUT2D eigenvalue weighted by molar-refractivity contribution is -0.385. The molecule has 1 saturated heterocycles. The molecular weight excluding hydrogens is 394 g/mol. The second-order valence-electron chi connectivity index (χ2n) is 6.73. The molecule has 0 aromatic heterocycles. The van der Waals surface area contributed by atoms with Crippen LogP contribution in [0.4, 0.5) is 5.69 Å². The summed E-state index contributed by atoms with van der Waals surface area (Å²) < 4.78 is 26.8. The molecule has 9 heteroatoms. The molecule has 0 N–H and O–H groups in total. The fourth-order valence-corrected chi connectivity index (χ4v) is 4.56. The Kier molecular flexibility index (Phi) is 6.09. The molecule has 2 aromatic rings. The van der Waals surface area contributed by atoms with E-state index >= 15 is 0 Å². The molecule has 0 aliphatic carbocycles. The highest BCUT2D eigenvalue weighted by Gasteiger charge is 2.30. The minimum absolute atomic E-state index is 0.120. The van der Waals surface area contributed by atoms with Gasteiger partial charge < -0.3 is 4.90 Å². The summed E-state index contributed by atoms with van der Waals surface area (Å²) in [5, 5.41) is 10.9. The van der Waals surface area contributed by atoms with Crippen molar-refractivity contribution in [1.29, 1.82) is 0 Å². The van der Waals surface area contributed by atoms with Gasteiger partial charge in [-0.15, -0.1) is 0 Å². The lowest BCUT2D eigenvalue weighted by Gasteiger charge is -2.33. The normalized spacial score (nSPS) is 15.6. The van der Waals surface area contributed by atoms with Crippen molar-refractivity contribution in [3.05, 3.63) is 75.8 Å². The Bertz CT molecular complexity index is 1060. The molecule has 3 rings (SSSR count). The standard InChI is InChI=1S/C20H21N3O5S/c1-16-4-2-5-17(14-16)8-9-20(24)21-10-12-22(13-11-21)29(27,28)19-7-3-6-18(15-19)23(25)26/h2-9,14-15H,10-13H2,1H3/b9-8+. The molecule has 8 nitrogen and oxygen atoms in total. The van der Waals surface area contributed by atoms with Crippen molar-refractivity contribution in [2.45, 2.75) is 11.8 Å². The van der Waals surface area contributed by atoms with Gasteiger partial charge in [0.1, 0.15) is 0 Å². The Morgan fingerprint density at radius 3 is 2.41 bits per heavy atom. The maximum absolute atomic E-state index is 12.8. The molecule has 1 fully saturated rings. The van der Waals surface area contributed by atoms with Crippen LogP contribution in [-0.4, -0.2) is 54.6 Å². The minimum atomic E-state index is -3.85. The first-order chi connectivity index (χ1) is 13.8. The minimum Gasteiger partial charge on any atom is -0.337 e. The fourth-order valence-electron chi connectivity index (χ4n) is 3.10. The number of nitro groups is 1. The van der Waals surface area contributed by atoms with Crippen molar-refractivity contribution in [2.75, 3.05) is 26.2 Å². The van der Waals surface area contributed by atoms with Gasteiger partial charge in [0.15, 0.2) is 0 Å². The third-order valence-corrected chi connectivity index (χ3v) is 6.57. The Balaban J connectivity index is 1.64. The van der Waals surface area contributed by atoms with E-state index in [1.807, 2.05) is 31.2 Å². The second-order valence-corrected chi connectivity index (χ2v) is 8.67. The topological polar surface area (TPSA) is 101 Å². The fraction of sp³-hybridized carbons (Fsp3) is 0.250. The van der Waals surface area contributed by atoms with Gasteiger partial charge in [-0.25, -0.2) is 8.42 Å². The van der Waals surface area contributed by atoms with Crippen molar-refractivity contribution in [2.24, 2.45) is 0 Å². The van der Waals surface area contributed by atoms with Gasteiger partial charge >= 0.3 is 0 Å². The highest BCUT2D eigenvalue weighted by Crippen LogP contribution is 2.22. The molecular formula is C20H21N3O5S.